The molecule has 7 rings (SSSR count). The lowest BCUT2D eigenvalue weighted by Crippen LogP contribution is -2.15. The smallest absolute Gasteiger partial charge is 0.161 e. The van der Waals surface area contributed by atoms with Crippen LogP contribution in [0, 0.1) is 0 Å². The minimum absolute atomic E-state index is 0.559. The predicted octanol–water partition coefficient (Wildman–Crippen LogP) is 6.87. The summed E-state index contributed by atoms with van der Waals surface area (Å²) >= 11 is 0. The van der Waals surface area contributed by atoms with Crippen LogP contribution in [0.5, 0.6) is 23.0 Å². The molecule has 0 bridgehead atoms. The molecule has 0 N–H and O–H groups in total. The third-order valence-corrected chi connectivity index (χ3v) is 6.59. The zero-order valence-corrected chi connectivity index (χ0v) is 18.5. The van der Waals surface area contributed by atoms with Gasteiger partial charge in [-0.2, -0.15) is 0 Å². The maximum Gasteiger partial charge on any atom is 0.161 e. The zero-order chi connectivity index (χ0) is 22.5. The Bertz CT molecular complexity index is 1450. The molecule has 0 aliphatic carbocycles. The van der Waals surface area contributed by atoms with Gasteiger partial charge in [0.15, 0.2) is 23.0 Å². The molecule has 4 heteroatoms. The number of hydrogen-bond donors (Lipinski definition) is 0. The molecular formula is C30H22O4. The van der Waals surface area contributed by atoms with E-state index >= 15 is 0 Å². The highest BCUT2D eigenvalue weighted by molar-refractivity contribution is 6.21. The van der Waals surface area contributed by atoms with Crippen molar-refractivity contribution in [1.29, 1.82) is 0 Å². The molecule has 166 valence electrons. The number of ether oxygens (including phenoxy) is 4. The molecule has 0 saturated carbocycles. The molecule has 4 nitrogen and oxygen atoms in total. The monoisotopic (exact) mass is 446 g/mol. The van der Waals surface area contributed by atoms with E-state index in [0.29, 0.717) is 26.4 Å². The van der Waals surface area contributed by atoms with Crippen molar-refractivity contribution in [3.8, 4) is 45.3 Å². The van der Waals surface area contributed by atoms with Crippen molar-refractivity contribution >= 4 is 21.5 Å². The Morgan fingerprint density at radius 2 is 0.765 bits per heavy atom. The van der Waals surface area contributed by atoms with E-state index in [1.165, 1.54) is 32.7 Å². The van der Waals surface area contributed by atoms with Crippen LogP contribution in [-0.4, -0.2) is 26.4 Å². The topological polar surface area (TPSA) is 36.9 Å². The molecule has 0 radical (unpaired) electrons. The standard InChI is InChI=1S/C30H22O4/c1-3-7-23-21(5-1)22-6-2-4-8-24(22)30(20-10-12-26-28(18-20)34-16-14-32-26)29(23)19-9-11-25-27(17-19)33-15-13-31-25/h1-12,17-18H,13-16H2. The fourth-order valence-corrected chi connectivity index (χ4v) is 5.14. The number of benzene rings is 5. The fraction of sp³-hybridized carbons (Fsp3) is 0.133. The highest BCUT2D eigenvalue weighted by atomic mass is 16.6. The van der Waals surface area contributed by atoms with Gasteiger partial charge in [0.1, 0.15) is 26.4 Å². The maximum atomic E-state index is 5.94. The van der Waals surface area contributed by atoms with Crippen molar-refractivity contribution in [3.63, 3.8) is 0 Å². The van der Waals surface area contributed by atoms with Crippen molar-refractivity contribution < 1.29 is 18.9 Å². The number of hydrogen-bond acceptors (Lipinski definition) is 4. The van der Waals surface area contributed by atoms with Crippen LogP contribution in [0.2, 0.25) is 0 Å². The lowest BCUT2D eigenvalue weighted by Gasteiger charge is -2.23. The average Bonchev–Trinajstić information content (AvgIpc) is 2.92. The number of fused-ring (bicyclic) bond motifs is 5. The van der Waals surface area contributed by atoms with Gasteiger partial charge in [0.05, 0.1) is 0 Å². The van der Waals surface area contributed by atoms with E-state index in [-0.39, 0.29) is 0 Å². The molecule has 2 aliphatic rings. The second-order valence-corrected chi connectivity index (χ2v) is 8.56. The summed E-state index contributed by atoms with van der Waals surface area (Å²) in [5.74, 6) is 3.16. The summed E-state index contributed by atoms with van der Waals surface area (Å²) in [5.41, 5.74) is 4.53. The Morgan fingerprint density at radius 1 is 0.382 bits per heavy atom. The summed E-state index contributed by atoms with van der Waals surface area (Å²) < 4.78 is 23.5. The van der Waals surface area contributed by atoms with Crippen LogP contribution in [0.4, 0.5) is 0 Å². The lowest BCUT2D eigenvalue weighted by atomic mass is 9.85. The minimum atomic E-state index is 0.559. The van der Waals surface area contributed by atoms with E-state index in [1.807, 2.05) is 12.1 Å². The van der Waals surface area contributed by atoms with Crippen molar-refractivity contribution in [2.24, 2.45) is 0 Å². The first kappa shape index (κ1) is 19.3. The van der Waals surface area contributed by atoms with Crippen molar-refractivity contribution in [2.45, 2.75) is 0 Å². The molecule has 0 unspecified atom stereocenters. The van der Waals surface area contributed by atoms with Gasteiger partial charge in [0.2, 0.25) is 0 Å². The first-order valence-electron chi connectivity index (χ1n) is 11.6. The van der Waals surface area contributed by atoms with Crippen molar-refractivity contribution in [1.82, 2.24) is 0 Å². The van der Waals surface area contributed by atoms with Gasteiger partial charge >= 0.3 is 0 Å². The average molecular weight is 447 g/mol. The van der Waals surface area contributed by atoms with Gasteiger partial charge < -0.3 is 18.9 Å². The van der Waals surface area contributed by atoms with E-state index < -0.39 is 0 Å². The Morgan fingerprint density at radius 3 is 1.21 bits per heavy atom. The molecule has 2 aliphatic heterocycles. The molecule has 5 aromatic rings. The van der Waals surface area contributed by atoms with Gasteiger partial charge in [-0.3, -0.25) is 0 Å². The van der Waals surface area contributed by atoms with E-state index in [1.54, 1.807) is 0 Å². The predicted molar refractivity (Wildman–Crippen MR) is 134 cm³/mol. The molecule has 0 atom stereocenters. The summed E-state index contributed by atoms with van der Waals surface area (Å²) in [6, 6.07) is 29.7. The third-order valence-electron chi connectivity index (χ3n) is 6.59. The van der Waals surface area contributed by atoms with Gasteiger partial charge in [0.25, 0.3) is 0 Å². The fourth-order valence-electron chi connectivity index (χ4n) is 5.14. The van der Waals surface area contributed by atoms with Gasteiger partial charge in [-0.25, -0.2) is 0 Å². The summed E-state index contributed by atoms with van der Waals surface area (Å²) in [7, 11) is 0. The Hall–Kier alpha value is -4.18. The second kappa shape index (κ2) is 7.70. The Labute approximate surface area is 197 Å². The Balaban J connectivity index is 1.59. The zero-order valence-electron chi connectivity index (χ0n) is 18.5. The molecule has 0 amide bonds. The van der Waals surface area contributed by atoms with Crippen LogP contribution in [0.3, 0.4) is 0 Å². The van der Waals surface area contributed by atoms with Gasteiger partial charge in [0, 0.05) is 0 Å². The molecule has 0 spiro atoms. The van der Waals surface area contributed by atoms with Crippen molar-refractivity contribution in [2.75, 3.05) is 26.4 Å². The molecule has 34 heavy (non-hydrogen) atoms. The molecular weight excluding hydrogens is 424 g/mol. The minimum Gasteiger partial charge on any atom is -0.486 e. The molecule has 2 heterocycles. The first-order valence-corrected chi connectivity index (χ1v) is 11.6. The van der Waals surface area contributed by atoms with Gasteiger partial charge in [-0.05, 0) is 68.1 Å². The highest BCUT2D eigenvalue weighted by Crippen LogP contribution is 2.47. The summed E-state index contributed by atoms with van der Waals surface area (Å²) in [5, 5.41) is 4.85. The van der Waals surface area contributed by atoms with Gasteiger partial charge in [-0.15, -0.1) is 0 Å². The molecule has 0 aromatic heterocycles. The van der Waals surface area contributed by atoms with E-state index in [2.05, 4.69) is 72.8 Å². The third kappa shape index (κ3) is 2.99. The largest absolute Gasteiger partial charge is 0.486 e. The molecule has 5 aromatic carbocycles. The van der Waals surface area contributed by atoms with Crippen LogP contribution in [-0.2, 0) is 0 Å². The second-order valence-electron chi connectivity index (χ2n) is 8.56. The molecule has 0 fully saturated rings. The summed E-state index contributed by atoms with van der Waals surface area (Å²) in [4.78, 5) is 0. The van der Waals surface area contributed by atoms with E-state index in [9.17, 15) is 0 Å². The van der Waals surface area contributed by atoms with Crippen LogP contribution in [0.25, 0.3) is 43.8 Å². The highest BCUT2D eigenvalue weighted by Gasteiger charge is 2.21. The molecule has 0 saturated heterocycles. The quantitative estimate of drug-likeness (QED) is 0.277. The van der Waals surface area contributed by atoms with E-state index in [0.717, 1.165) is 34.1 Å². The maximum absolute atomic E-state index is 5.94. The van der Waals surface area contributed by atoms with Crippen LogP contribution in [0.1, 0.15) is 0 Å². The van der Waals surface area contributed by atoms with Gasteiger partial charge in [-0.1, -0.05) is 60.7 Å². The lowest BCUT2D eigenvalue weighted by molar-refractivity contribution is 0.171. The SMILES string of the molecule is c1ccc2c(c1)c(-c1ccc3c(c1)OCCO3)c(-c1ccc3c(c1)OCCO3)c1ccccc12. The van der Waals surface area contributed by atoms with Crippen LogP contribution >= 0.6 is 0 Å². The van der Waals surface area contributed by atoms with Crippen molar-refractivity contribution in [3.05, 3.63) is 84.9 Å². The summed E-state index contributed by atoms with van der Waals surface area (Å²) in [6.07, 6.45) is 0. The summed E-state index contributed by atoms with van der Waals surface area (Å²) in [6.45, 7) is 2.27. The normalized spacial score (nSPS) is 14.4. The van der Waals surface area contributed by atoms with E-state index in [4.69, 9.17) is 18.9 Å². The Kier molecular flexibility index (Phi) is 4.37. The first-order chi connectivity index (χ1) is 16.9. The van der Waals surface area contributed by atoms with Crippen LogP contribution in [0.15, 0.2) is 84.9 Å². The number of rotatable bonds is 2. The van der Waals surface area contributed by atoms with Crippen LogP contribution < -0.4 is 18.9 Å².